The van der Waals surface area contributed by atoms with Gasteiger partial charge in [-0.15, -0.1) is 5.10 Å². The zero-order valence-electron chi connectivity index (χ0n) is 11.4. The molecule has 0 radical (unpaired) electrons. The molecule has 0 amide bonds. The Labute approximate surface area is 121 Å². The normalized spacial score (nSPS) is 16.3. The van der Waals surface area contributed by atoms with Gasteiger partial charge in [-0.05, 0) is 48.7 Å². The predicted molar refractivity (Wildman–Crippen MR) is 78.9 cm³/mol. The Hall–Kier alpha value is -1.53. The van der Waals surface area contributed by atoms with Crippen LogP contribution in [-0.2, 0) is 0 Å². The van der Waals surface area contributed by atoms with Gasteiger partial charge in [0.25, 0.3) is 0 Å². The van der Waals surface area contributed by atoms with Crippen LogP contribution in [0, 0.1) is 0 Å². The monoisotopic (exact) mass is 290 g/mol. The molecule has 1 fully saturated rings. The summed E-state index contributed by atoms with van der Waals surface area (Å²) < 4.78 is 1.76. The van der Waals surface area contributed by atoms with Gasteiger partial charge in [0.2, 0.25) is 0 Å². The zero-order valence-corrected chi connectivity index (χ0v) is 12.2. The quantitative estimate of drug-likeness (QED) is 0.887. The first-order valence-corrected chi connectivity index (χ1v) is 7.71. The highest BCUT2D eigenvalue weighted by Gasteiger charge is 2.28. The summed E-state index contributed by atoms with van der Waals surface area (Å²) in [7, 11) is 0. The van der Waals surface area contributed by atoms with Crippen molar-refractivity contribution in [1.82, 2.24) is 14.8 Å². The van der Waals surface area contributed by atoms with Crippen molar-refractivity contribution in [3.05, 3.63) is 40.3 Å². The molecule has 0 bridgehead atoms. The lowest BCUT2D eigenvalue weighted by molar-refractivity contribution is 0.642. The minimum absolute atomic E-state index is 0.0871. The average molecular weight is 290 g/mol. The number of benzene rings is 1. The molecule has 1 atom stereocenters. The van der Waals surface area contributed by atoms with E-state index in [2.05, 4.69) is 17.1 Å². The third kappa shape index (κ3) is 2.66. The molecule has 0 spiro atoms. The van der Waals surface area contributed by atoms with Crippen molar-refractivity contribution in [3.8, 4) is 0 Å². The van der Waals surface area contributed by atoms with Gasteiger partial charge in [0.05, 0.1) is 0 Å². The number of nitrogens with one attached hydrogen (secondary N) is 1. The fourth-order valence-corrected chi connectivity index (χ4v) is 3.05. The van der Waals surface area contributed by atoms with E-state index in [0.717, 1.165) is 34.9 Å². The maximum absolute atomic E-state index is 11.7. The molecule has 2 aromatic rings. The Balaban J connectivity index is 1.79. The van der Waals surface area contributed by atoms with Gasteiger partial charge in [0, 0.05) is 17.0 Å². The first kappa shape index (κ1) is 13.5. The third-order valence-corrected chi connectivity index (χ3v) is 4.52. The average Bonchev–Trinajstić information content (AvgIpc) is 3.24. The predicted octanol–water partition coefficient (Wildman–Crippen LogP) is 2.47. The molecule has 6 heteroatoms. The summed E-state index contributed by atoms with van der Waals surface area (Å²) >= 11 is 1.51. The Kier molecular flexibility index (Phi) is 3.67. The van der Waals surface area contributed by atoms with Gasteiger partial charge in [-0.25, -0.2) is 9.89 Å². The molecule has 0 unspecified atom stereocenters. The van der Waals surface area contributed by atoms with Gasteiger partial charge in [0.15, 0.2) is 5.16 Å². The molecule has 1 aliphatic carbocycles. The summed E-state index contributed by atoms with van der Waals surface area (Å²) in [6, 6.07) is 8.57. The molecular weight excluding hydrogens is 272 g/mol. The maximum Gasteiger partial charge on any atom is 0.344 e. The van der Waals surface area contributed by atoms with Gasteiger partial charge in [-0.3, -0.25) is 4.57 Å². The Morgan fingerprint density at radius 1 is 1.45 bits per heavy atom. The van der Waals surface area contributed by atoms with Crippen LogP contribution in [0.1, 0.15) is 43.8 Å². The molecule has 3 N–H and O–H groups in total. The molecular formula is C14H18N4OS. The second kappa shape index (κ2) is 5.46. The van der Waals surface area contributed by atoms with Crippen molar-refractivity contribution in [3.63, 3.8) is 0 Å². The second-order valence-corrected chi connectivity index (χ2v) is 6.14. The summed E-state index contributed by atoms with van der Waals surface area (Å²) in [5, 5.41) is 7.38. The lowest BCUT2D eigenvalue weighted by Gasteiger charge is -2.09. The van der Waals surface area contributed by atoms with E-state index < -0.39 is 0 Å². The molecule has 20 heavy (non-hydrogen) atoms. The molecule has 0 aliphatic heterocycles. The molecule has 0 saturated heterocycles. The number of hydrogen-bond donors (Lipinski definition) is 2. The first-order valence-electron chi connectivity index (χ1n) is 6.89. The summed E-state index contributed by atoms with van der Waals surface area (Å²) in [6.45, 7) is 2.07. The van der Waals surface area contributed by atoms with E-state index >= 15 is 0 Å². The summed E-state index contributed by atoms with van der Waals surface area (Å²) in [5.74, 6) is 0. The standard InChI is InChI=1S/C14H18N4OS/c1-2-12(15)9-3-7-11(8-4-9)20-14-17-16-13(19)18(14)10-5-6-10/h3-4,7-8,10,12H,2,5-6,15H2,1H3,(H,16,19)/t12-/m0/s1. The molecule has 1 aromatic carbocycles. The van der Waals surface area contributed by atoms with Gasteiger partial charge in [-0.2, -0.15) is 0 Å². The lowest BCUT2D eigenvalue weighted by atomic mass is 10.1. The van der Waals surface area contributed by atoms with Crippen LogP contribution in [0.15, 0.2) is 39.1 Å². The number of H-pyrrole nitrogens is 1. The van der Waals surface area contributed by atoms with Crippen molar-refractivity contribution in [1.29, 1.82) is 0 Å². The van der Waals surface area contributed by atoms with Gasteiger partial charge >= 0.3 is 5.69 Å². The van der Waals surface area contributed by atoms with Crippen LogP contribution in [0.3, 0.4) is 0 Å². The van der Waals surface area contributed by atoms with Crippen LogP contribution in [0.2, 0.25) is 0 Å². The van der Waals surface area contributed by atoms with Crippen LogP contribution < -0.4 is 11.4 Å². The van der Waals surface area contributed by atoms with Gasteiger partial charge in [-0.1, -0.05) is 19.1 Å². The Morgan fingerprint density at radius 3 is 2.75 bits per heavy atom. The molecule has 1 heterocycles. The number of hydrogen-bond acceptors (Lipinski definition) is 4. The van der Waals surface area contributed by atoms with E-state index in [-0.39, 0.29) is 11.7 Å². The van der Waals surface area contributed by atoms with Crippen molar-refractivity contribution < 1.29 is 0 Å². The molecule has 3 rings (SSSR count). The molecule has 5 nitrogen and oxygen atoms in total. The number of aromatic nitrogens is 3. The third-order valence-electron chi connectivity index (χ3n) is 3.54. The summed E-state index contributed by atoms with van der Waals surface area (Å²) in [6.07, 6.45) is 3.06. The van der Waals surface area contributed by atoms with Crippen molar-refractivity contribution in [2.24, 2.45) is 5.73 Å². The minimum Gasteiger partial charge on any atom is -0.324 e. The molecule has 1 aromatic heterocycles. The highest BCUT2D eigenvalue weighted by atomic mass is 32.2. The summed E-state index contributed by atoms with van der Waals surface area (Å²) in [5.41, 5.74) is 7.03. The summed E-state index contributed by atoms with van der Waals surface area (Å²) in [4.78, 5) is 12.8. The minimum atomic E-state index is -0.111. The molecule has 1 saturated carbocycles. The van der Waals surface area contributed by atoms with E-state index in [1.807, 2.05) is 24.3 Å². The second-order valence-electron chi connectivity index (χ2n) is 5.10. The Morgan fingerprint density at radius 2 is 2.15 bits per heavy atom. The van der Waals surface area contributed by atoms with E-state index in [1.54, 1.807) is 4.57 Å². The number of nitrogens with two attached hydrogens (primary N) is 1. The van der Waals surface area contributed by atoms with E-state index in [0.29, 0.717) is 6.04 Å². The number of rotatable bonds is 5. The molecule has 1 aliphatic rings. The smallest absolute Gasteiger partial charge is 0.324 e. The topological polar surface area (TPSA) is 76.7 Å². The number of aromatic amines is 1. The highest BCUT2D eigenvalue weighted by molar-refractivity contribution is 7.99. The fourth-order valence-electron chi connectivity index (χ4n) is 2.14. The number of nitrogens with zero attached hydrogens (tertiary/aromatic N) is 2. The highest BCUT2D eigenvalue weighted by Crippen LogP contribution is 2.37. The van der Waals surface area contributed by atoms with Gasteiger partial charge < -0.3 is 5.73 Å². The largest absolute Gasteiger partial charge is 0.344 e. The fraction of sp³-hybridized carbons (Fsp3) is 0.429. The van der Waals surface area contributed by atoms with Crippen molar-refractivity contribution in [2.75, 3.05) is 0 Å². The van der Waals surface area contributed by atoms with E-state index in [4.69, 9.17) is 5.73 Å². The van der Waals surface area contributed by atoms with Gasteiger partial charge in [0.1, 0.15) is 0 Å². The van der Waals surface area contributed by atoms with Crippen LogP contribution in [-0.4, -0.2) is 14.8 Å². The van der Waals surface area contributed by atoms with Crippen LogP contribution in [0.4, 0.5) is 0 Å². The van der Waals surface area contributed by atoms with E-state index in [1.165, 1.54) is 11.8 Å². The lowest BCUT2D eigenvalue weighted by Crippen LogP contribution is -2.15. The van der Waals surface area contributed by atoms with Crippen LogP contribution in [0.25, 0.3) is 0 Å². The van der Waals surface area contributed by atoms with Crippen molar-refractivity contribution in [2.45, 2.75) is 48.3 Å². The van der Waals surface area contributed by atoms with Crippen molar-refractivity contribution >= 4 is 11.8 Å². The zero-order chi connectivity index (χ0) is 14.1. The maximum atomic E-state index is 11.7. The van der Waals surface area contributed by atoms with E-state index in [9.17, 15) is 4.79 Å². The SMILES string of the molecule is CC[C@H](N)c1ccc(Sc2n[nH]c(=O)n2C2CC2)cc1. The van der Waals surface area contributed by atoms with Crippen LogP contribution >= 0.6 is 11.8 Å². The Bertz CT molecular complexity index is 642. The molecule has 106 valence electrons. The first-order chi connectivity index (χ1) is 9.69. The van der Waals surface area contributed by atoms with Crippen LogP contribution in [0.5, 0.6) is 0 Å².